The standard InChI is InChI=1S/C20H17FN2O5/c21-15-4-1-13(2-5-15)9-22-20(24)11-25-10-16-8-18(28-23-16)14-3-6-17-19(7-14)27-12-26-17/h1-8H,9-12H2,(H,22,24). The van der Waals surface area contributed by atoms with Gasteiger partial charge >= 0.3 is 0 Å². The summed E-state index contributed by atoms with van der Waals surface area (Å²) in [6.45, 7) is 0.531. The molecule has 0 fully saturated rings. The number of nitrogens with one attached hydrogen (secondary N) is 1. The highest BCUT2D eigenvalue weighted by Gasteiger charge is 2.16. The molecule has 1 aliphatic heterocycles. The topological polar surface area (TPSA) is 82.8 Å². The van der Waals surface area contributed by atoms with E-state index < -0.39 is 0 Å². The Labute approximate surface area is 160 Å². The lowest BCUT2D eigenvalue weighted by Gasteiger charge is -2.05. The molecular weight excluding hydrogens is 367 g/mol. The maximum Gasteiger partial charge on any atom is 0.246 e. The molecule has 0 radical (unpaired) electrons. The number of hydrogen-bond donors (Lipinski definition) is 1. The first-order valence-electron chi connectivity index (χ1n) is 8.62. The van der Waals surface area contributed by atoms with Gasteiger partial charge in [-0.15, -0.1) is 0 Å². The van der Waals surface area contributed by atoms with Gasteiger partial charge in [0.05, 0.1) is 6.61 Å². The second-order valence-electron chi connectivity index (χ2n) is 6.15. The first-order chi connectivity index (χ1) is 13.7. The molecule has 0 aliphatic carbocycles. The Bertz CT molecular complexity index is 971. The minimum atomic E-state index is -0.314. The van der Waals surface area contributed by atoms with Crippen molar-refractivity contribution in [3.63, 3.8) is 0 Å². The Morgan fingerprint density at radius 2 is 1.93 bits per heavy atom. The SMILES string of the molecule is O=C(COCc1cc(-c2ccc3c(c2)OCO3)on1)NCc1ccc(F)cc1. The average molecular weight is 384 g/mol. The Hall–Kier alpha value is -3.39. The molecule has 0 spiro atoms. The highest BCUT2D eigenvalue weighted by atomic mass is 19.1. The minimum Gasteiger partial charge on any atom is -0.454 e. The minimum absolute atomic E-state index is 0.118. The van der Waals surface area contributed by atoms with Crippen molar-refractivity contribution in [2.45, 2.75) is 13.2 Å². The Kier molecular flexibility index (Phi) is 5.20. The van der Waals surface area contributed by atoms with Crippen LogP contribution >= 0.6 is 0 Å². The van der Waals surface area contributed by atoms with Gasteiger partial charge in [0, 0.05) is 18.2 Å². The van der Waals surface area contributed by atoms with E-state index in [2.05, 4.69) is 10.5 Å². The third-order valence-corrected chi connectivity index (χ3v) is 4.10. The van der Waals surface area contributed by atoms with Gasteiger partial charge in [0.25, 0.3) is 0 Å². The summed E-state index contributed by atoms with van der Waals surface area (Å²) in [7, 11) is 0. The van der Waals surface area contributed by atoms with Crippen molar-refractivity contribution in [3.05, 3.63) is 65.6 Å². The number of ether oxygens (including phenoxy) is 3. The summed E-state index contributed by atoms with van der Waals surface area (Å²) in [5, 5.41) is 6.65. The number of amides is 1. The first-order valence-corrected chi connectivity index (χ1v) is 8.62. The summed E-state index contributed by atoms with van der Waals surface area (Å²) >= 11 is 0. The van der Waals surface area contributed by atoms with Crippen LogP contribution in [0.1, 0.15) is 11.3 Å². The van der Waals surface area contributed by atoms with E-state index in [0.717, 1.165) is 11.1 Å². The van der Waals surface area contributed by atoms with Gasteiger partial charge in [-0.1, -0.05) is 17.3 Å². The van der Waals surface area contributed by atoms with Gasteiger partial charge in [-0.05, 0) is 35.9 Å². The lowest BCUT2D eigenvalue weighted by atomic mass is 10.1. The van der Waals surface area contributed by atoms with Gasteiger partial charge in [0.1, 0.15) is 18.1 Å². The molecule has 1 aromatic heterocycles. The van der Waals surface area contributed by atoms with E-state index in [4.69, 9.17) is 18.7 Å². The van der Waals surface area contributed by atoms with Crippen LogP contribution in [0.2, 0.25) is 0 Å². The van der Waals surface area contributed by atoms with Gasteiger partial charge in [-0.3, -0.25) is 4.79 Å². The van der Waals surface area contributed by atoms with Crippen LogP contribution in [0.25, 0.3) is 11.3 Å². The summed E-state index contributed by atoms with van der Waals surface area (Å²) in [4.78, 5) is 11.8. The molecule has 28 heavy (non-hydrogen) atoms. The fourth-order valence-electron chi connectivity index (χ4n) is 2.67. The number of aromatic nitrogens is 1. The Balaban J connectivity index is 1.24. The van der Waals surface area contributed by atoms with Gasteiger partial charge in [0.15, 0.2) is 17.3 Å². The van der Waals surface area contributed by atoms with E-state index in [-0.39, 0.29) is 31.7 Å². The van der Waals surface area contributed by atoms with Crippen LogP contribution in [-0.2, 0) is 22.7 Å². The second kappa shape index (κ2) is 8.10. The highest BCUT2D eigenvalue weighted by molar-refractivity contribution is 5.77. The molecule has 1 amide bonds. The normalized spacial score (nSPS) is 12.2. The van der Waals surface area contributed by atoms with E-state index in [1.54, 1.807) is 18.2 Å². The van der Waals surface area contributed by atoms with Crippen LogP contribution in [0.15, 0.2) is 53.1 Å². The third kappa shape index (κ3) is 4.29. The van der Waals surface area contributed by atoms with Gasteiger partial charge < -0.3 is 24.1 Å². The lowest BCUT2D eigenvalue weighted by Crippen LogP contribution is -2.27. The smallest absolute Gasteiger partial charge is 0.246 e. The van der Waals surface area contributed by atoms with Crippen molar-refractivity contribution in [3.8, 4) is 22.8 Å². The molecule has 0 saturated carbocycles. The van der Waals surface area contributed by atoms with Crippen molar-refractivity contribution < 1.29 is 27.9 Å². The zero-order chi connectivity index (χ0) is 19.3. The second-order valence-corrected chi connectivity index (χ2v) is 6.15. The fraction of sp³-hybridized carbons (Fsp3) is 0.200. The monoisotopic (exact) mass is 384 g/mol. The van der Waals surface area contributed by atoms with Crippen LogP contribution in [0.4, 0.5) is 4.39 Å². The fourth-order valence-corrected chi connectivity index (χ4v) is 2.67. The number of carbonyl (C=O) groups excluding carboxylic acids is 1. The van der Waals surface area contributed by atoms with Crippen molar-refractivity contribution in [1.29, 1.82) is 0 Å². The first kappa shape index (κ1) is 18.0. The zero-order valence-electron chi connectivity index (χ0n) is 14.8. The van der Waals surface area contributed by atoms with Crippen LogP contribution in [-0.4, -0.2) is 24.5 Å². The van der Waals surface area contributed by atoms with E-state index in [9.17, 15) is 9.18 Å². The largest absolute Gasteiger partial charge is 0.454 e. The predicted molar refractivity (Wildman–Crippen MR) is 96.0 cm³/mol. The maximum absolute atomic E-state index is 12.8. The Morgan fingerprint density at radius 1 is 1.11 bits per heavy atom. The van der Waals surface area contributed by atoms with Crippen molar-refractivity contribution in [2.24, 2.45) is 0 Å². The quantitative estimate of drug-likeness (QED) is 0.674. The van der Waals surface area contributed by atoms with Crippen LogP contribution < -0.4 is 14.8 Å². The molecule has 144 valence electrons. The molecule has 2 aromatic carbocycles. The number of fused-ring (bicyclic) bond motifs is 1. The van der Waals surface area contributed by atoms with Crippen LogP contribution in [0, 0.1) is 5.82 Å². The van der Waals surface area contributed by atoms with Gasteiger partial charge in [-0.25, -0.2) is 4.39 Å². The highest BCUT2D eigenvalue weighted by Crippen LogP contribution is 2.36. The molecule has 0 saturated heterocycles. The zero-order valence-corrected chi connectivity index (χ0v) is 14.8. The van der Waals surface area contributed by atoms with Crippen molar-refractivity contribution >= 4 is 5.91 Å². The van der Waals surface area contributed by atoms with Crippen molar-refractivity contribution in [2.75, 3.05) is 13.4 Å². The number of hydrogen-bond acceptors (Lipinski definition) is 6. The molecule has 0 unspecified atom stereocenters. The molecule has 0 bridgehead atoms. The van der Waals surface area contributed by atoms with Gasteiger partial charge in [0.2, 0.25) is 12.7 Å². The summed E-state index contributed by atoms with van der Waals surface area (Å²) in [6, 6.07) is 13.1. The Morgan fingerprint density at radius 3 is 2.79 bits per heavy atom. The predicted octanol–water partition coefficient (Wildman–Crippen LogP) is 3.04. The number of carbonyl (C=O) groups is 1. The van der Waals surface area contributed by atoms with Gasteiger partial charge in [-0.2, -0.15) is 0 Å². The summed E-state index contributed by atoms with van der Waals surface area (Å²) in [5.41, 5.74) is 2.18. The summed E-state index contributed by atoms with van der Waals surface area (Å²) in [5.74, 6) is 1.33. The van der Waals surface area contributed by atoms with Crippen LogP contribution in [0.3, 0.4) is 0 Å². The molecule has 3 aromatic rings. The average Bonchev–Trinajstić information content (AvgIpc) is 3.36. The van der Waals surface area contributed by atoms with Crippen molar-refractivity contribution in [1.82, 2.24) is 10.5 Å². The molecular formula is C20H17FN2O5. The van der Waals surface area contributed by atoms with E-state index >= 15 is 0 Å². The van der Waals surface area contributed by atoms with E-state index in [1.165, 1.54) is 12.1 Å². The molecule has 1 N–H and O–H groups in total. The maximum atomic E-state index is 12.8. The molecule has 2 heterocycles. The molecule has 4 rings (SSSR count). The number of halogens is 1. The van der Waals surface area contributed by atoms with Crippen LogP contribution in [0.5, 0.6) is 11.5 Å². The van der Waals surface area contributed by atoms with E-state index in [0.29, 0.717) is 29.5 Å². The summed E-state index contributed by atoms with van der Waals surface area (Å²) < 4.78 is 34.2. The molecule has 0 atom stereocenters. The van der Waals surface area contributed by atoms with E-state index in [1.807, 2.05) is 18.2 Å². The lowest BCUT2D eigenvalue weighted by molar-refractivity contribution is -0.126. The number of nitrogens with zero attached hydrogens (tertiary/aromatic N) is 1. The number of rotatable bonds is 7. The molecule has 1 aliphatic rings. The summed E-state index contributed by atoms with van der Waals surface area (Å²) in [6.07, 6.45) is 0. The molecule has 7 nitrogen and oxygen atoms in total. The number of benzene rings is 2. The third-order valence-electron chi connectivity index (χ3n) is 4.10. The molecule has 8 heteroatoms.